The molecule has 0 bridgehead atoms. The Labute approximate surface area is 142 Å². The summed E-state index contributed by atoms with van der Waals surface area (Å²) in [4.78, 5) is 0. The number of rotatable bonds is 9. The molecule has 22 radical (unpaired) electrons. The third kappa shape index (κ3) is 6.60. The maximum Gasteiger partial charge on any atom is 0 e. The lowest BCUT2D eigenvalue weighted by Gasteiger charge is -2.36. The standard InChI is InChI=1S/B20/c1-11-17(10)19(20(15(6)7)16(8)9)12-18(13(2)3)14(4)5. The van der Waals surface area contributed by atoms with Crippen LogP contribution in [0.5, 0.6) is 0 Å². The molecule has 0 heterocycles. The Morgan fingerprint density at radius 3 is 1.20 bits per heavy atom. The highest BCUT2D eigenvalue weighted by atomic mass is 13.2. The van der Waals surface area contributed by atoms with Gasteiger partial charge in [0.1, 0.15) is 0 Å². The topological polar surface area (TPSA) is 0 Å². The molecular weight excluding hydrogens is 216 g/mol. The lowest BCUT2D eigenvalue weighted by Crippen LogP contribution is -2.74. The predicted molar refractivity (Wildman–Crippen MR) is 115 cm³/mol. The van der Waals surface area contributed by atoms with Crippen molar-refractivity contribution in [2.45, 2.75) is 0 Å². The van der Waals surface area contributed by atoms with Crippen molar-refractivity contribution < 1.29 is 0 Å². The Kier molecular flexibility index (Phi) is 10.8. The minimum atomic E-state index is -0.800. The van der Waals surface area contributed by atoms with Crippen LogP contribution >= 0.6 is 0 Å². The van der Waals surface area contributed by atoms with E-state index >= 15 is 0 Å². The van der Waals surface area contributed by atoms with Gasteiger partial charge in [-0.1, -0.05) is 0 Å². The van der Waals surface area contributed by atoms with Crippen LogP contribution < -0.4 is 0 Å². The highest BCUT2D eigenvalue weighted by Gasteiger charge is 2.38. The molecule has 0 atom stereocenters. The van der Waals surface area contributed by atoms with Crippen molar-refractivity contribution >= 4 is 143 Å². The van der Waals surface area contributed by atoms with Gasteiger partial charge in [0.25, 0.3) is 0 Å². The fourth-order valence-electron chi connectivity index (χ4n) is 2.18. The first-order chi connectivity index (χ1) is 9.13. The molecule has 20 heavy (non-hydrogen) atoms. The molecule has 0 aromatic heterocycles. The van der Waals surface area contributed by atoms with E-state index in [9.17, 15) is 0 Å². The van der Waals surface area contributed by atoms with Crippen molar-refractivity contribution in [1.29, 1.82) is 0 Å². The highest BCUT2D eigenvalue weighted by molar-refractivity contribution is 8.13. The summed E-state index contributed by atoms with van der Waals surface area (Å²) in [6, 6.07) is 0. The van der Waals surface area contributed by atoms with Gasteiger partial charge in [0.05, 0.1) is 0 Å². The van der Waals surface area contributed by atoms with Gasteiger partial charge in [-0.2, -0.15) is 0 Å². The lowest BCUT2D eigenvalue weighted by atomic mass is 8.45. The van der Waals surface area contributed by atoms with E-state index in [4.69, 9.17) is 77.4 Å². The average molecular weight is 216 g/mol. The Hall–Kier alpha value is 1.30. The quantitative estimate of drug-likeness (QED) is 0.336. The van der Waals surface area contributed by atoms with Crippen LogP contribution in [0.3, 0.4) is 0 Å². The van der Waals surface area contributed by atoms with E-state index in [1.54, 1.807) is 7.06 Å². The van der Waals surface area contributed by atoms with Crippen molar-refractivity contribution in [3.8, 4) is 0 Å². The van der Waals surface area contributed by atoms with Gasteiger partial charge in [0.15, 0.2) is 0 Å². The summed E-state index contributed by atoms with van der Waals surface area (Å²) in [6.45, 7) is 0. The van der Waals surface area contributed by atoms with Gasteiger partial charge in [-0.3, -0.25) is 0 Å². The van der Waals surface area contributed by atoms with Crippen molar-refractivity contribution in [3.63, 3.8) is 0 Å². The Balaban J connectivity index is 5.23. The molecule has 0 fully saturated rings. The molecule has 0 amide bonds. The van der Waals surface area contributed by atoms with Gasteiger partial charge in [0.2, 0.25) is 0 Å². The van der Waals surface area contributed by atoms with Crippen LogP contribution in [0.4, 0.5) is 0 Å². The summed E-state index contributed by atoms with van der Waals surface area (Å²) in [7, 11) is 59.9. The summed E-state index contributed by atoms with van der Waals surface area (Å²) in [5, 5.41) is 0. The van der Waals surface area contributed by atoms with Gasteiger partial charge < -0.3 is 0 Å². The van der Waals surface area contributed by atoms with Gasteiger partial charge >= 0.3 is 0 Å². The number of hydrogen-bond donors (Lipinski definition) is 0. The molecule has 0 aliphatic heterocycles. The first-order valence-corrected chi connectivity index (χ1v) is 6.33. The van der Waals surface area contributed by atoms with E-state index in [1.807, 2.05) is 0 Å². The van der Waals surface area contributed by atoms with Crippen LogP contribution in [-0.4, -0.2) is 143 Å². The van der Waals surface area contributed by atoms with Crippen molar-refractivity contribution in [1.82, 2.24) is 0 Å². The van der Waals surface area contributed by atoms with Crippen LogP contribution in [-0.2, 0) is 0 Å². The van der Waals surface area contributed by atoms with Crippen LogP contribution in [0.1, 0.15) is 0 Å². The van der Waals surface area contributed by atoms with Crippen LogP contribution in [0.2, 0.25) is 0 Å². The fourth-order valence-corrected chi connectivity index (χ4v) is 2.18. The Bertz CT molecular complexity index is 220. The van der Waals surface area contributed by atoms with Crippen molar-refractivity contribution in [3.05, 3.63) is 0 Å². The first kappa shape index (κ1) is 21.3. The normalized spacial score (nSPS) is 9.00. The summed E-state index contributed by atoms with van der Waals surface area (Å²) in [6.07, 6.45) is -5.26. The summed E-state index contributed by atoms with van der Waals surface area (Å²) in [5.41, 5.74) is 0. The molecule has 60 valence electrons. The zero-order valence-corrected chi connectivity index (χ0v) is 11.5. The van der Waals surface area contributed by atoms with E-state index < -0.39 is 51.1 Å². The van der Waals surface area contributed by atoms with E-state index in [0.29, 0.717) is 0 Å². The smallest absolute Gasteiger partial charge is 0 e. The summed E-state index contributed by atoms with van der Waals surface area (Å²) >= 11 is 0. The molecule has 0 aromatic rings. The molecule has 0 spiro atoms. The minimum Gasteiger partial charge on any atom is 0 e. The molecule has 0 aliphatic carbocycles. The zero-order valence-electron chi connectivity index (χ0n) is 11.5. The third-order valence-corrected chi connectivity index (χ3v) is 3.33. The van der Waals surface area contributed by atoms with E-state index in [1.165, 1.54) is 7.06 Å². The predicted octanol–water partition coefficient (Wildman–Crippen LogP) is -7.62. The molecule has 0 saturated carbocycles. The van der Waals surface area contributed by atoms with E-state index in [-0.39, 0.29) is 0 Å². The maximum atomic E-state index is 5.94. The summed E-state index contributed by atoms with van der Waals surface area (Å²) in [5.74, 6) is 0. The molecule has 0 rings (SSSR count). The molecule has 0 unspecified atom stereocenters. The molecule has 0 saturated heterocycles. The maximum absolute atomic E-state index is 5.94. The molecule has 0 aromatic carbocycles. The minimum absolute atomic E-state index is 0.464. The molecule has 0 aliphatic rings. The van der Waals surface area contributed by atoms with Crippen molar-refractivity contribution in [2.75, 3.05) is 0 Å². The Morgan fingerprint density at radius 1 is 0.550 bits per heavy atom. The molecular formula is B20. The van der Waals surface area contributed by atoms with Crippen LogP contribution in [0.25, 0.3) is 0 Å². The SMILES string of the molecule is [B][B]B([B])B([B]B(B([B])[B])B([B])[B])B(B([B])[B])B([B])[B]. The average Bonchev–Trinajstić information content (AvgIpc) is 2.30. The number of hydrogen-bond acceptors (Lipinski definition) is 0. The second-order valence-electron chi connectivity index (χ2n) is 5.00. The molecule has 0 N–H and O–H groups in total. The Morgan fingerprint density at radius 2 is 0.950 bits per heavy atom. The van der Waals surface area contributed by atoms with Gasteiger partial charge in [-0.25, -0.2) is 0 Å². The molecule has 20 heteroatoms. The summed E-state index contributed by atoms with van der Waals surface area (Å²) < 4.78 is 0. The second-order valence-corrected chi connectivity index (χ2v) is 5.00. The van der Waals surface area contributed by atoms with Gasteiger partial charge in [-0.05, 0) is 0 Å². The third-order valence-electron chi connectivity index (χ3n) is 3.33. The van der Waals surface area contributed by atoms with Gasteiger partial charge in [0, 0.05) is 143 Å². The van der Waals surface area contributed by atoms with Crippen LogP contribution in [0.15, 0.2) is 0 Å². The first-order valence-electron chi connectivity index (χ1n) is 6.33. The van der Waals surface area contributed by atoms with Gasteiger partial charge in [-0.15, -0.1) is 0 Å². The highest BCUT2D eigenvalue weighted by Crippen LogP contribution is 2.00. The zero-order chi connectivity index (χ0) is 16.0. The van der Waals surface area contributed by atoms with E-state index in [0.717, 1.165) is 0 Å². The largest absolute Gasteiger partial charge is 0 e. The van der Waals surface area contributed by atoms with Crippen molar-refractivity contribution in [2.24, 2.45) is 0 Å². The lowest BCUT2D eigenvalue weighted by molar-refractivity contribution is 3.39. The molecule has 0 nitrogen and oxygen atoms in total. The van der Waals surface area contributed by atoms with E-state index in [2.05, 4.69) is 0 Å². The fraction of sp³-hybridized carbons (Fsp3) is 0. The second kappa shape index (κ2) is 10.1. The monoisotopic (exact) mass is 220 g/mol. The van der Waals surface area contributed by atoms with Crippen LogP contribution in [0, 0.1) is 0 Å².